The lowest BCUT2D eigenvalue weighted by Gasteiger charge is -2.07. The van der Waals surface area contributed by atoms with Crippen LogP contribution in [0.3, 0.4) is 0 Å². The van der Waals surface area contributed by atoms with E-state index in [0.29, 0.717) is 17.5 Å². The molecular weight excluding hydrogens is 266 g/mol. The molecule has 0 radical (unpaired) electrons. The van der Waals surface area contributed by atoms with Crippen LogP contribution in [0.4, 0.5) is 5.82 Å². The number of rotatable bonds is 3. The maximum atomic E-state index is 5.95. The van der Waals surface area contributed by atoms with Crippen molar-refractivity contribution in [3.05, 3.63) is 35.0 Å². The molecule has 98 valence electrons. The van der Waals surface area contributed by atoms with Crippen molar-refractivity contribution in [3.8, 4) is 0 Å². The number of aryl methyl sites for hydroxylation is 2. The van der Waals surface area contributed by atoms with E-state index >= 15 is 0 Å². The molecule has 8 heteroatoms. The highest BCUT2D eigenvalue weighted by molar-refractivity contribution is 6.29. The van der Waals surface area contributed by atoms with Crippen LogP contribution in [0.5, 0.6) is 0 Å². The van der Waals surface area contributed by atoms with Crippen molar-refractivity contribution in [1.82, 2.24) is 29.4 Å². The second kappa shape index (κ2) is 4.51. The molecule has 0 saturated heterocycles. The summed E-state index contributed by atoms with van der Waals surface area (Å²) in [7, 11) is 1.90. The highest BCUT2D eigenvalue weighted by atomic mass is 35.5. The van der Waals surface area contributed by atoms with E-state index in [0.717, 1.165) is 17.1 Å². The van der Waals surface area contributed by atoms with Gasteiger partial charge in [0.25, 0.3) is 5.78 Å². The average Bonchev–Trinajstić information content (AvgIpc) is 2.92. The van der Waals surface area contributed by atoms with Gasteiger partial charge in [-0.05, 0) is 6.92 Å². The Labute approximate surface area is 114 Å². The fraction of sp³-hybridized carbons (Fsp3) is 0.273. The lowest BCUT2D eigenvalue weighted by molar-refractivity contribution is 0.756. The average molecular weight is 278 g/mol. The number of fused-ring (bicyclic) bond motifs is 1. The Balaban J connectivity index is 1.89. The Hall–Kier alpha value is -2.15. The van der Waals surface area contributed by atoms with Crippen LogP contribution in [0.15, 0.2) is 18.6 Å². The van der Waals surface area contributed by atoms with Crippen LogP contribution < -0.4 is 5.32 Å². The van der Waals surface area contributed by atoms with Gasteiger partial charge in [0.05, 0.1) is 5.69 Å². The topological polar surface area (TPSA) is 72.9 Å². The number of nitrogens with zero attached hydrogens (tertiary/aromatic N) is 6. The fourth-order valence-corrected chi connectivity index (χ4v) is 2.10. The first-order chi connectivity index (χ1) is 9.13. The minimum Gasteiger partial charge on any atom is -0.366 e. The molecular formula is C11H12ClN7. The predicted molar refractivity (Wildman–Crippen MR) is 71.1 cm³/mol. The quantitative estimate of drug-likeness (QED) is 0.733. The van der Waals surface area contributed by atoms with E-state index in [9.17, 15) is 0 Å². The molecule has 0 spiro atoms. The molecule has 0 atom stereocenters. The summed E-state index contributed by atoms with van der Waals surface area (Å²) >= 11 is 5.95. The maximum absolute atomic E-state index is 5.95. The molecule has 0 unspecified atom stereocenters. The molecule has 3 rings (SSSR count). The normalized spacial score (nSPS) is 11.1. The molecule has 7 nitrogen and oxygen atoms in total. The van der Waals surface area contributed by atoms with Crippen molar-refractivity contribution < 1.29 is 0 Å². The van der Waals surface area contributed by atoms with Gasteiger partial charge in [-0.1, -0.05) is 11.6 Å². The second-order valence-corrected chi connectivity index (χ2v) is 4.59. The lowest BCUT2D eigenvalue weighted by Crippen LogP contribution is -2.06. The molecule has 0 amide bonds. The van der Waals surface area contributed by atoms with Crippen LogP contribution in [0.2, 0.25) is 5.15 Å². The molecule has 19 heavy (non-hydrogen) atoms. The van der Waals surface area contributed by atoms with Gasteiger partial charge in [-0.2, -0.15) is 24.7 Å². The molecule has 3 aromatic rings. The van der Waals surface area contributed by atoms with Gasteiger partial charge in [-0.25, -0.2) is 0 Å². The Bertz CT molecular complexity index is 730. The minimum absolute atomic E-state index is 0.380. The van der Waals surface area contributed by atoms with Gasteiger partial charge in [0.15, 0.2) is 0 Å². The third-order valence-corrected chi connectivity index (χ3v) is 2.99. The van der Waals surface area contributed by atoms with Crippen LogP contribution in [0.25, 0.3) is 5.78 Å². The summed E-state index contributed by atoms with van der Waals surface area (Å²) in [6.45, 7) is 2.61. The lowest BCUT2D eigenvalue weighted by atomic mass is 10.2. The Kier molecular flexibility index (Phi) is 2.83. The van der Waals surface area contributed by atoms with Crippen LogP contribution in [0.1, 0.15) is 11.3 Å². The zero-order valence-electron chi connectivity index (χ0n) is 10.5. The Morgan fingerprint density at radius 1 is 1.42 bits per heavy atom. The summed E-state index contributed by atoms with van der Waals surface area (Å²) in [5, 5.41) is 12.0. The van der Waals surface area contributed by atoms with Gasteiger partial charge >= 0.3 is 0 Å². The summed E-state index contributed by atoms with van der Waals surface area (Å²) in [6.07, 6.45) is 3.42. The summed E-state index contributed by atoms with van der Waals surface area (Å²) in [6, 6.07) is 1.72. The van der Waals surface area contributed by atoms with Crippen LogP contribution >= 0.6 is 11.6 Å². The number of halogens is 1. The zero-order valence-corrected chi connectivity index (χ0v) is 11.3. The molecule has 0 aromatic carbocycles. The molecule has 0 saturated carbocycles. The van der Waals surface area contributed by atoms with Crippen molar-refractivity contribution in [1.29, 1.82) is 0 Å². The summed E-state index contributed by atoms with van der Waals surface area (Å²) in [5.74, 6) is 1.22. The van der Waals surface area contributed by atoms with Crippen molar-refractivity contribution >= 4 is 23.2 Å². The predicted octanol–water partition coefficient (Wildman–Crippen LogP) is 1.43. The van der Waals surface area contributed by atoms with Gasteiger partial charge in [0.2, 0.25) is 0 Å². The van der Waals surface area contributed by atoms with Gasteiger partial charge in [-0.3, -0.25) is 4.68 Å². The fourth-order valence-electron chi connectivity index (χ4n) is 1.92. The molecule has 0 aliphatic heterocycles. The van der Waals surface area contributed by atoms with Crippen molar-refractivity contribution in [2.45, 2.75) is 13.5 Å². The highest BCUT2D eigenvalue weighted by Gasteiger charge is 2.08. The number of anilines is 1. The molecule has 3 aromatic heterocycles. The van der Waals surface area contributed by atoms with E-state index < -0.39 is 0 Å². The largest absolute Gasteiger partial charge is 0.366 e. The Morgan fingerprint density at radius 2 is 2.26 bits per heavy atom. The smallest absolute Gasteiger partial charge is 0.255 e. The van der Waals surface area contributed by atoms with E-state index in [1.54, 1.807) is 15.3 Å². The molecule has 0 bridgehead atoms. The van der Waals surface area contributed by atoms with Crippen LogP contribution in [0, 0.1) is 6.92 Å². The van der Waals surface area contributed by atoms with Crippen LogP contribution in [-0.2, 0) is 13.6 Å². The first-order valence-corrected chi connectivity index (χ1v) is 6.10. The van der Waals surface area contributed by atoms with E-state index in [1.807, 2.05) is 20.2 Å². The standard InChI is InChI=1S/C11H12ClN7/c1-7-8(5-18(2)17-7)4-13-10-3-9(12)16-11-14-6-15-19(10)11/h3,5-6,13H,4H2,1-2H3. The summed E-state index contributed by atoms with van der Waals surface area (Å²) in [5.41, 5.74) is 2.11. The third kappa shape index (κ3) is 2.24. The van der Waals surface area contributed by atoms with Gasteiger partial charge in [-0.15, -0.1) is 0 Å². The van der Waals surface area contributed by atoms with Crippen molar-refractivity contribution in [2.75, 3.05) is 5.32 Å². The number of hydrogen-bond acceptors (Lipinski definition) is 5. The molecule has 0 fully saturated rings. The van der Waals surface area contributed by atoms with Crippen molar-refractivity contribution in [2.24, 2.45) is 7.05 Å². The third-order valence-electron chi connectivity index (χ3n) is 2.80. The SMILES string of the molecule is Cc1nn(C)cc1CNc1cc(Cl)nc2ncnn12. The van der Waals surface area contributed by atoms with E-state index in [-0.39, 0.29) is 0 Å². The minimum atomic E-state index is 0.380. The van der Waals surface area contributed by atoms with Crippen LogP contribution in [-0.4, -0.2) is 29.4 Å². The van der Waals surface area contributed by atoms with Gasteiger partial charge < -0.3 is 5.32 Å². The van der Waals surface area contributed by atoms with Gasteiger partial charge in [0.1, 0.15) is 17.3 Å². The molecule has 0 aliphatic rings. The number of nitrogens with one attached hydrogen (secondary N) is 1. The molecule has 3 heterocycles. The first kappa shape index (κ1) is 11.9. The molecule has 1 N–H and O–H groups in total. The highest BCUT2D eigenvalue weighted by Crippen LogP contribution is 2.16. The number of aromatic nitrogens is 6. The summed E-state index contributed by atoms with van der Waals surface area (Å²) < 4.78 is 3.40. The molecule has 0 aliphatic carbocycles. The van der Waals surface area contributed by atoms with Crippen molar-refractivity contribution in [3.63, 3.8) is 0 Å². The summed E-state index contributed by atoms with van der Waals surface area (Å²) in [4.78, 5) is 8.09. The van der Waals surface area contributed by atoms with E-state index in [2.05, 4.69) is 25.5 Å². The van der Waals surface area contributed by atoms with E-state index in [1.165, 1.54) is 6.33 Å². The van der Waals surface area contributed by atoms with E-state index in [4.69, 9.17) is 11.6 Å². The Morgan fingerprint density at radius 3 is 3.00 bits per heavy atom. The number of hydrogen-bond donors (Lipinski definition) is 1. The maximum Gasteiger partial charge on any atom is 0.255 e. The van der Waals surface area contributed by atoms with Gasteiger partial charge in [0, 0.05) is 31.4 Å². The zero-order chi connectivity index (χ0) is 13.4. The second-order valence-electron chi connectivity index (χ2n) is 4.20. The monoisotopic (exact) mass is 277 g/mol. The first-order valence-electron chi connectivity index (χ1n) is 5.73.